The lowest BCUT2D eigenvalue weighted by Crippen LogP contribution is -2.07. The Morgan fingerprint density at radius 2 is 1.38 bits per heavy atom. The zero-order chi connectivity index (χ0) is 13.1. The van der Waals surface area contributed by atoms with Gasteiger partial charge < -0.3 is 5.21 Å². The topological polar surface area (TPSA) is 80.4 Å². The maximum absolute atomic E-state index is 11.4. The van der Waals surface area contributed by atoms with E-state index in [0.717, 1.165) is 24.3 Å². The van der Waals surface area contributed by atoms with Crippen LogP contribution in [0.25, 0.3) is 0 Å². The molecule has 0 radical (unpaired) electrons. The van der Waals surface area contributed by atoms with Gasteiger partial charge in [-0.05, 0) is 24.7 Å². The summed E-state index contributed by atoms with van der Waals surface area (Å²) in [6.07, 6.45) is 2.20. The van der Waals surface area contributed by atoms with Crippen molar-refractivity contribution in [2.75, 3.05) is 11.5 Å². The number of nitrogens with zero attached hydrogens (tertiary/aromatic N) is 1. The van der Waals surface area contributed by atoms with Gasteiger partial charge in [0.25, 0.3) is 5.09 Å². The first-order valence-electron chi connectivity index (χ1n) is 5.44. The van der Waals surface area contributed by atoms with Crippen molar-refractivity contribution in [1.82, 2.24) is 0 Å². The zero-order valence-corrected chi connectivity index (χ0v) is 11.3. The van der Waals surface area contributed by atoms with Crippen LogP contribution < -0.4 is 0 Å². The van der Waals surface area contributed by atoms with Crippen LogP contribution in [0.15, 0.2) is 0 Å². The molecule has 1 N–H and O–H groups in total. The summed E-state index contributed by atoms with van der Waals surface area (Å²) in [5.74, 6) is 3.16. The van der Waals surface area contributed by atoms with E-state index >= 15 is 0 Å². The van der Waals surface area contributed by atoms with Gasteiger partial charge in [-0.2, -0.15) is 0 Å². The van der Waals surface area contributed by atoms with Crippen LogP contribution in [0.4, 0.5) is 0 Å². The van der Waals surface area contributed by atoms with Gasteiger partial charge in [0.1, 0.15) is 0 Å². The summed E-state index contributed by atoms with van der Waals surface area (Å²) in [6.45, 7) is 8.72. The van der Waals surface area contributed by atoms with Gasteiger partial charge in [0, 0.05) is 22.3 Å². The van der Waals surface area contributed by atoms with Gasteiger partial charge >= 0.3 is 0 Å². The van der Waals surface area contributed by atoms with Crippen LogP contribution in [0.2, 0.25) is 0 Å². The third-order valence-corrected chi connectivity index (χ3v) is 3.23. The van der Waals surface area contributed by atoms with Gasteiger partial charge in [0.15, 0.2) is 0 Å². The lowest BCUT2D eigenvalue weighted by Gasteiger charge is -2.06. The maximum Gasteiger partial charge on any atom is 0.291 e. The van der Waals surface area contributed by atoms with Crippen LogP contribution >= 0.6 is 0 Å². The molecule has 0 aromatic rings. The second-order valence-corrected chi connectivity index (χ2v) is 6.15. The largest absolute Gasteiger partial charge is 0.328 e. The summed E-state index contributed by atoms with van der Waals surface area (Å²) in [5, 5.41) is 13.6. The molecule has 16 heavy (non-hydrogen) atoms. The summed E-state index contributed by atoms with van der Waals surface area (Å²) < 4.78 is 11.4. The molecule has 0 unspecified atom stereocenters. The lowest BCUT2D eigenvalue weighted by molar-refractivity contribution is -0.742. The van der Waals surface area contributed by atoms with Crippen molar-refractivity contribution < 1.29 is 14.5 Å². The Labute approximate surface area is 99.8 Å². The first-order valence-corrected chi connectivity index (χ1v) is 6.92. The normalized spacial score (nSPS) is 10.4. The number of rotatable bonds is 6. The lowest BCUT2D eigenvalue weighted by atomic mass is 10.2. The molecule has 0 aliphatic carbocycles. The second kappa shape index (κ2) is 10.9. The predicted octanol–water partition coefficient (Wildman–Crippen LogP) is 2.48. The predicted molar refractivity (Wildman–Crippen MR) is 65.6 cm³/mol. The van der Waals surface area contributed by atoms with E-state index in [-0.39, 0.29) is 0 Å². The molecule has 5 nitrogen and oxygen atoms in total. The van der Waals surface area contributed by atoms with E-state index in [2.05, 4.69) is 27.7 Å². The Balaban J connectivity index is 0. The third kappa shape index (κ3) is 23.3. The molecule has 0 aliphatic heterocycles. The van der Waals surface area contributed by atoms with Gasteiger partial charge in [-0.1, -0.05) is 27.7 Å². The zero-order valence-electron chi connectivity index (χ0n) is 10.5. The molecule has 0 aliphatic rings. The Morgan fingerprint density at radius 1 is 1.12 bits per heavy atom. The molecular formula is C10H23NO4S. The summed E-state index contributed by atoms with van der Waals surface area (Å²) in [7, 11) is -0.561. The molecule has 6 heteroatoms. The first kappa shape index (κ1) is 17.7. The third-order valence-electron chi connectivity index (χ3n) is 1.85. The van der Waals surface area contributed by atoms with Gasteiger partial charge in [0.2, 0.25) is 0 Å². The van der Waals surface area contributed by atoms with E-state index in [4.69, 9.17) is 15.3 Å². The van der Waals surface area contributed by atoms with Gasteiger partial charge in [-0.15, -0.1) is 10.1 Å². The molecule has 0 saturated heterocycles. The molecule has 0 aromatic carbocycles. The van der Waals surface area contributed by atoms with Crippen molar-refractivity contribution in [3.05, 3.63) is 10.1 Å². The minimum absolute atomic E-state index is 0.561. The standard InChI is InChI=1S/C10H22OS.HNO3/c1-9(2)5-7-12(11)8-6-10(3)4;2-1(3)4/h9-10H,5-8H2,1-4H3;(H,2,3,4). The highest BCUT2D eigenvalue weighted by Gasteiger charge is 2.03. The minimum atomic E-state index is -1.50. The SMILES string of the molecule is CC(C)CCS(=O)CCC(C)C.O=[N+]([O-])O. The fraction of sp³-hybridized carbons (Fsp3) is 1.00. The molecule has 0 rings (SSSR count). The van der Waals surface area contributed by atoms with Crippen LogP contribution in [0.5, 0.6) is 0 Å². The summed E-state index contributed by atoms with van der Waals surface area (Å²) >= 11 is 0. The van der Waals surface area contributed by atoms with Crippen LogP contribution in [-0.4, -0.2) is 26.0 Å². The highest BCUT2D eigenvalue weighted by molar-refractivity contribution is 7.84. The summed E-state index contributed by atoms with van der Waals surface area (Å²) in [4.78, 5) is 8.36. The Hall–Kier alpha value is -0.650. The highest BCUT2D eigenvalue weighted by atomic mass is 32.2. The monoisotopic (exact) mass is 253 g/mol. The average molecular weight is 253 g/mol. The summed E-state index contributed by atoms with van der Waals surface area (Å²) in [6, 6.07) is 0. The molecule has 0 spiro atoms. The molecule has 0 fully saturated rings. The molecular weight excluding hydrogens is 230 g/mol. The molecule has 98 valence electrons. The van der Waals surface area contributed by atoms with Crippen molar-refractivity contribution in [3.63, 3.8) is 0 Å². The van der Waals surface area contributed by atoms with Crippen LogP contribution in [0.1, 0.15) is 40.5 Å². The Kier molecular flexibility index (Phi) is 12.0. The molecule has 0 saturated carbocycles. The number of hydrogen-bond donors (Lipinski definition) is 1. The van der Waals surface area contributed by atoms with Gasteiger partial charge in [0.05, 0.1) is 0 Å². The van der Waals surface area contributed by atoms with Crippen molar-refractivity contribution in [2.24, 2.45) is 11.8 Å². The molecule has 0 heterocycles. The maximum atomic E-state index is 11.4. The molecule has 0 amide bonds. The molecule has 0 bridgehead atoms. The average Bonchev–Trinajstić information content (AvgIpc) is 2.10. The van der Waals surface area contributed by atoms with E-state index < -0.39 is 15.9 Å². The van der Waals surface area contributed by atoms with Gasteiger partial charge in [-0.3, -0.25) is 4.21 Å². The fourth-order valence-corrected chi connectivity index (χ4v) is 2.51. The van der Waals surface area contributed by atoms with Gasteiger partial charge in [-0.25, -0.2) is 0 Å². The Bertz CT molecular complexity index is 189. The van der Waals surface area contributed by atoms with Crippen molar-refractivity contribution in [1.29, 1.82) is 0 Å². The van der Waals surface area contributed by atoms with E-state index in [1.54, 1.807) is 0 Å². The van der Waals surface area contributed by atoms with Crippen molar-refractivity contribution >= 4 is 10.8 Å². The summed E-state index contributed by atoms with van der Waals surface area (Å²) in [5.41, 5.74) is 0. The molecule has 0 aromatic heterocycles. The van der Waals surface area contributed by atoms with Crippen molar-refractivity contribution in [2.45, 2.75) is 40.5 Å². The smallest absolute Gasteiger partial charge is 0.291 e. The first-order chi connectivity index (χ1) is 7.25. The van der Waals surface area contributed by atoms with Crippen molar-refractivity contribution in [3.8, 4) is 0 Å². The fourth-order valence-electron chi connectivity index (χ4n) is 0.836. The highest BCUT2D eigenvalue weighted by Crippen LogP contribution is 2.04. The van der Waals surface area contributed by atoms with E-state index in [1.807, 2.05) is 0 Å². The van der Waals surface area contributed by atoms with Crippen LogP contribution in [0.3, 0.4) is 0 Å². The quantitative estimate of drug-likeness (QED) is 0.582. The van der Waals surface area contributed by atoms with E-state index in [1.165, 1.54) is 0 Å². The number of hydrogen-bond acceptors (Lipinski definition) is 3. The molecule has 0 atom stereocenters. The van der Waals surface area contributed by atoms with Crippen LogP contribution in [0, 0.1) is 22.0 Å². The van der Waals surface area contributed by atoms with Crippen LogP contribution in [-0.2, 0) is 10.8 Å². The Morgan fingerprint density at radius 3 is 1.56 bits per heavy atom. The van der Waals surface area contributed by atoms with E-state index in [0.29, 0.717) is 11.8 Å². The second-order valence-electron chi connectivity index (χ2n) is 4.45. The van der Waals surface area contributed by atoms with E-state index in [9.17, 15) is 4.21 Å². The minimum Gasteiger partial charge on any atom is -0.328 e.